The second kappa shape index (κ2) is 6.99. The van der Waals surface area contributed by atoms with E-state index in [0.717, 1.165) is 11.3 Å². The van der Waals surface area contributed by atoms with Gasteiger partial charge in [0.1, 0.15) is 4.60 Å². The lowest BCUT2D eigenvalue weighted by Gasteiger charge is -2.07. The summed E-state index contributed by atoms with van der Waals surface area (Å²) in [5.74, 6) is -0.292. The fourth-order valence-corrected chi connectivity index (χ4v) is 1.94. The summed E-state index contributed by atoms with van der Waals surface area (Å²) in [7, 11) is 0. The second-order valence-electron chi connectivity index (χ2n) is 4.43. The summed E-state index contributed by atoms with van der Waals surface area (Å²) in [5.41, 5.74) is 2.19. The summed E-state index contributed by atoms with van der Waals surface area (Å²) < 4.78 is 0.688. The smallest absolute Gasteiger partial charge is 0.253 e. The van der Waals surface area contributed by atoms with Crippen molar-refractivity contribution >= 4 is 33.4 Å². The Morgan fingerprint density at radius 1 is 1.14 bits per heavy atom. The molecule has 0 radical (unpaired) electrons. The predicted molar refractivity (Wildman–Crippen MR) is 83.9 cm³/mol. The Bertz CT molecular complexity index is 639. The summed E-state index contributed by atoms with van der Waals surface area (Å²) >= 11 is 3.22. The molecule has 0 fully saturated rings. The number of amides is 2. The van der Waals surface area contributed by atoms with Crippen LogP contribution < -0.4 is 10.6 Å². The number of carbonyl (C=O) groups is 2. The van der Waals surface area contributed by atoms with Crippen LogP contribution in [0.1, 0.15) is 22.8 Å². The van der Waals surface area contributed by atoms with Gasteiger partial charge < -0.3 is 10.6 Å². The summed E-state index contributed by atoms with van der Waals surface area (Å²) in [6, 6.07) is 10.7. The van der Waals surface area contributed by atoms with Crippen LogP contribution in [0, 0.1) is 0 Å². The SMILES string of the molecule is CC(=O)Nc1ccc(CNC(=O)c2ccc(Br)nc2)cc1. The molecular weight excluding hydrogens is 334 g/mol. The van der Waals surface area contributed by atoms with E-state index in [9.17, 15) is 9.59 Å². The van der Waals surface area contributed by atoms with Gasteiger partial charge in [-0.2, -0.15) is 0 Å². The van der Waals surface area contributed by atoms with Gasteiger partial charge in [-0.3, -0.25) is 9.59 Å². The second-order valence-corrected chi connectivity index (χ2v) is 5.24. The number of nitrogens with zero attached hydrogens (tertiary/aromatic N) is 1. The normalized spacial score (nSPS) is 10.0. The molecule has 5 nitrogen and oxygen atoms in total. The molecule has 0 aliphatic rings. The van der Waals surface area contributed by atoms with E-state index in [4.69, 9.17) is 0 Å². The molecular formula is C15H14BrN3O2. The Labute approximate surface area is 130 Å². The summed E-state index contributed by atoms with van der Waals surface area (Å²) in [5, 5.41) is 5.50. The van der Waals surface area contributed by atoms with Crippen molar-refractivity contribution in [1.82, 2.24) is 10.3 Å². The number of hydrogen-bond acceptors (Lipinski definition) is 3. The Balaban J connectivity index is 1.92. The van der Waals surface area contributed by atoms with Crippen molar-refractivity contribution in [3.63, 3.8) is 0 Å². The van der Waals surface area contributed by atoms with Crippen LogP contribution in [0.4, 0.5) is 5.69 Å². The third-order valence-electron chi connectivity index (χ3n) is 2.72. The maximum Gasteiger partial charge on any atom is 0.253 e. The van der Waals surface area contributed by atoms with E-state index < -0.39 is 0 Å². The fourth-order valence-electron chi connectivity index (χ4n) is 1.70. The number of pyridine rings is 1. The average molecular weight is 348 g/mol. The van der Waals surface area contributed by atoms with Crippen molar-refractivity contribution in [3.8, 4) is 0 Å². The molecule has 1 heterocycles. The lowest BCUT2D eigenvalue weighted by Crippen LogP contribution is -2.22. The van der Waals surface area contributed by atoms with Crippen molar-refractivity contribution in [3.05, 3.63) is 58.3 Å². The highest BCUT2D eigenvalue weighted by Gasteiger charge is 2.05. The van der Waals surface area contributed by atoms with Crippen LogP contribution in [-0.2, 0) is 11.3 Å². The highest BCUT2D eigenvalue weighted by atomic mass is 79.9. The first-order chi connectivity index (χ1) is 10.0. The van der Waals surface area contributed by atoms with E-state index >= 15 is 0 Å². The molecule has 0 saturated heterocycles. The first kappa shape index (κ1) is 15.2. The number of carbonyl (C=O) groups excluding carboxylic acids is 2. The number of hydrogen-bond donors (Lipinski definition) is 2. The van der Waals surface area contributed by atoms with Crippen LogP contribution in [-0.4, -0.2) is 16.8 Å². The van der Waals surface area contributed by atoms with E-state index in [1.54, 1.807) is 24.3 Å². The zero-order chi connectivity index (χ0) is 15.2. The van der Waals surface area contributed by atoms with Gasteiger partial charge >= 0.3 is 0 Å². The Hall–Kier alpha value is -2.21. The predicted octanol–water partition coefficient (Wildman–Crippen LogP) is 2.73. The van der Waals surface area contributed by atoms with Crippen molar-refractivity contribution < 1.29 is 9.59 Å². The number of nitrogens with one attached hydrogen (secondary N) is 2. The van der Waals surface area contributed by atoms with Gasteiger partial charge in [-0.05, 0) is 45.8 Å². The summed E-state index contributed by atoms with van der Waals surface area (Å²) in [6.07, 6.45) is 1.51. The number of aromatic nitrogens is 1. The minimum absolute atomic E-state index is 0.112. The molecule has 108 valence electrons. The topological polar surface area (TPSA) is 71.1 Å². The van der Waals surface area contributed by atoms with Crippen LogP contribution >= 0.6 is 15.9 Å². The zero-order valence-electron chi connectivity index (χ0n) is 11.4. The molecule has 0 unspecified atom stereocenters. The van der Waals surface area contributed by atoms with Crippen LogP contribution in [0.15, 0.2) is 47.2 Å². The quantitative estimate of drug-likeness (QED) is 0.835. The average Bonchev–Trinajstić information content (AvgIpc) is 2.46. The standard InChI is InChI=1S/C15H14BrN3O2/c1-10(20)19-13-5-2-11(3-6-13)8-18-15(21)12-4-7-14(16)17-9-12/h2-7,9H,8H2,1H3,(H,18,21)(H,19,20). The van der Waals surface area contributed by atoms with Crippen LogP contribution in [0.25, 0.3) is 0 Å². The minimum atomic E-state index is -0.180. The molecule has 21 heavy (non-hydrogen) atoms. The van der Waals surface area contributed by atoms with Gasteiger partial charge in [0.2, 0.25) is 5.91 Å². The van der Waals surface area contributed by atoms with Crippen molar-refractivity contribution in [1.29, 1.82) is 0 Å². The largest absolute Gasteiger partial charge is 0.348 e. The molecule has 2 N–H and O–H groups in total. The van der Waals surface area contributed by atoms with E-state index in [1.165, 1.54) is 13.1 Å². The Morgan fingerprint density at radius 2 is 1.86 bits per heavy atom. The van der Waals surface area contributed by atoms with E-state index in [1.807, 2.05) is 12.1 Å². The van der Waals surface area contributed by atoms with Gasteiger partial charge in [-0.15, -0.1) is 0 Å². The maximum atomic E-state index is 11.9. The van der Waals surface area contributed by atoms with Gasteiger partial charge in [0.05, 0.1) is 5.56 Å². The molecule has 0 saturated carbocycles. The maximum absolute atomic E-state index is 11.9. The Morgan fingerprint density at radius 3 is 2.43 bits per heavy atom. The highest BCUT2D eigenvalue weighted by molar-refractivity contribution is 9.10. The van der Waals surface area contributed by atoms with E-state index in [0.29, 0.717) is 16.7 Å². The summed E-state index contributed by atoms with van der Waals surface area (Å²) in [4.78, 5) is 26.8. The molecule has 0 spiro atoms. The fraction of sp³-hybridized carbons (Fsp3) is 0.133. The molecule has 0 atom stereocenters. The monoisotopic (exact) mass is 347 g/mol. The van der Waals surface area contributed by atoms with Crippen molar-refractivity contribution in [2.75, 3.05) is 5.32 Å². The molecule has 1 aromatic carbocycles. The number of rotatable bonds is 4. The summed E-state index contributed by atoms with van der Waals surface area (Å²) in [6.45, 7) is 1.87. The van der Waals surface area contributed by atoms with Crippen molar-refractivity contribution in [2.45, 2.75) is 13.5 Å². The Kier molecular flexibility index (Phi) is 5.05. The van der Waals surface area contributed by atoms with Gasteiger partial charge in [0.15, 0.2) is 0 Å². The van der Waals surface area contributed by atoms with E-state index in [-0.39, 0.29) is 11.8 Å². The molecule has 0 aliphatic carbocycles. The van der Waals surface area contributed by atoms with Crippen molar-refractivity contribution in [2.24, 2.45) is 0 Å². The minimum Gasteiger partial charge on any atom is -0.348 e. The van der Waals surface area contributed by atoms with Gasteiger partial charge in [0.25, 0.3) is 5.91 Å². The molecule has 0 bridgehead atoms. The lowest BCUT2D eigenvalue weighted by molar-refractivity contribution is -0.114. The van der Waals surface area contributed by atoms with Crippen LogP contribution in [0.5, 0.6) is 0 Å². The van der Waals surface area contributed by atoms with Crippen LogP contribution in [0.2, 0.25) is 0 Å². The number of benzene rings is 1. The zero-order valence-corrected chi connectivity index (χ0v) is 13.0. The molecule has 2 amide bonds. The third kappa shape index (κ3) is 4.68. The van der Waals surface area contributed by atoms with Gasteiger partial charge in [-0.1, -0.05) is 12.1 Å². The number of halogens is 1. The molecule has 0 aliphatic heterocycles. The lowest BCUT2D eigenvalue weighted by atomic mass is 10.2. The van der Waals surface area contributed by atoms with E-state index in [2.05, 4.69) is 31.5 Å². The van der Waals surface area contributed by atoms with Gasteiger partial charge in [0, 0.05) is 25.4 Å². The third-order valence-corrected chi connectivity index (χ3v) is 3.19. The molecule has 2 rings (SSSR count). The van der Waals surface area contributed by atoms with Gasteiger partial charge in [-0.25, -0.2) is 4.98 Å². The molecule has 1 aromatic heterocycles. The molecule has 6 heteroatoms. The first-order valence-corrected chi connectivity index (χ1v) is 7.10. The number of anilines is 1. The highest BCUT2D eigenvalue weighted by Crippen LogP contribution is 2.10. The first-order valence-electron chi connectivity index (χ1n) is 6.31. The van der Waals surface area contributed by atoms with Crippen LogP contribution in [0.3, 0.4) is 0 Å². The molecule has 2 aromatic rings.